The first-order chi connectivity index (χ1) is 15.7. The minimum absolute atomic E-state index is 0.620. The normalized spacial score (nSPS) is 36.3. The second kappa shape index (κ2) is 10.3. The molecule has 18 nitrogen and oxygen atoms in total. The van der Waals surface area contributed by atoms with Gasteiger partial charge in [-0.3, -0.25) is 23.4 Å². The first kappa shape index (κ1) is 27.3. The number of aliphatic hydroxyl groups excluding tert-OH is 5. The minimum Gasteiger partial charge on any atom is -0.388 e. The first-order valence-corrected chi connectivity index (χ1v) is 12.4. The molecule has 9 atom stereocenters. The Hall–Kier alpha value is -1.34. The van der Waals surface area contributed by atoms with Gasteiger partial charge in [0.1, 0.15) is 36.6 Å². The summed E-state index contributed by atoms with van der Waals surface area (Å²) in [6.45, 7) is -1.62. The van der Waals surface area contributed by atoms with E-state index in [9.17, 15) is 44.3 Å². The smallest absolute Gasteiger partial charge is 0.388 e. The van der Waals surface area contributed by atoms with Crippen LogP contribution in [0.25, 0.3) is 0 Å². The fourth-order valence-corrected chi connectivity index (χ4v) is 5.31. The zero-order valence-corrected chi connectivity index (χ0v) is 18.6. The molecular formula is C14H22N2O16P2. The van der Waals surface area contributed by atoms with Crippen LogP contribution in [0.2, 0.25) is 0 Å². The SMILES string of the molecule is O=c1ccn([C@@H]2O[C@H](COP(=O)(O[C@H]3OC[C@H](O)[C@H](O)[C@H]3O)OP(=O)(O)O)[C@@H](O)[C@H]2O)c(=O)[nH]1. The molecule has 2 fully saturated rings. The van der Waals surface area contributed by atoms with Crippen molar-refractivity contribution >= 4 is 15.6 Å². The number of rotatable bonds is 8. The van der Waals surface area contributed by atoms with Gasteiger partial charge in [-0.15, -0.1) is 0 Å². The molecule has 0 spiro atoms. The van der Waals surface area contributed by atoms with Crippen LogP contribution in [0, 0.1) is 0 Å². The summed E-state index contributed by atoms with van der Waals surface area (Å²) in [6.07, 6.45) is -13.1. The van der Waals surface area contributed by atoms with E-state index >= 15 is 0 Å². The highest BCUT2D eigenvalue weighted by Gasteiger charge is 2.49. The van der Waals surface area contributed by atoms with Crippen molar-refractivity contribution in [3.05, 3.63) is 33.1 Å². The second-order valence-corrected chi connectivity index (χ2v) is 10.2. The van der Waals surface area contributed by atoms with E-state index < -0.39 is 89.2 Å². The largest absolute Gasteiger partial charge is 0.486 e. The third kappa shape index (κ3) is 6.26. The molecule has 0 bridgehead atoms. The molecule has 0 saturated carbocycles. The summed E-state index contributed by atoms with van der Waals surface area (Å²) in [5, 5.41) is 49.4. The first-order valence-electron chi connectivity index (χ1n) is 9.39. The van der Waals surface area contributed by atoms with Crippen LogP contribution in [0.1, 0.15) is 6.23 Å². The molecule has 20 heteroatoms. The predicted octanol–water partition coefficient (Wildman–Crippen LogP) is -4.15. The molecule has 1 aromatic rings. The fraction of sp³-hybridized carbons (Fsp3) is 0.714. The number of nitrogens with zero attached hydrogens (tertiary/aromatic N) is 1. The standard InChI is InChI=1S/C14H22N2O16P2/c17-5-3-28-13(11(22)8(5)19)31-34(27,32-33(24,25)26)29-4-6-9(20)10(21)12(30-6)16-2-1-7(18)15-14(16)23/h1-2,5-6,8-13,17,19-22H,3-4H2,(H,15,18,23)(H2,24,25,26)/t5-,6+,8-,9+,10+,11+,12+,13+,34?/m0/s1. The van der Waals surface area contributed by atoms with Crippen molar-refractivity contribution in [2.24, 2.45) is 0 Å². The van der Waals surface area contributed by atoms with Gasteiger partial charge in [0.05, 0.1) is 13.2 Å². The lowest BCUT2D eigenvalue weighted by Crippen LogP contribution is -2.53. The number of aromatic amines is 1. The van der Waals surface area contributed by atoms with Crippen molar-refractivity contribution in [1.29, 1.82) is 0 Å². The molecular weight excluding hydrogens is 514 g/mol. The third-order valence-corrected chi connectivity index (χ3v) is 7.34. The topological polar surface area (TPSA) is 277 Å². The molecule has 8 N–H and O–H groups in total. The number of ether oxygens (including phenoxy) is 2. The van der Waals surface area contributed by atoms with Gasteiger partial charge in [-0.2, -0.15) is 4.31 Å². The Labute approximate surface area is 188 Å². The summed E-state index contributed by atoms with van der Waals surface area (Å²) in [7, 11) is -10.9. The Morgan fingerprint density at radius 3 is 2.35 bits per heavy atom. The van der Waals surface area contributed by atoms with Crippen LogP contribution < -0.4 is 11.2 Å². The lowest BCUT2D eigenvalue weighted by molar-refractivity contribution is -0.246. The van der Waals surface area contributed by atoms with Crippen molar-refractivity contribution in [3.63, 3.8) is 0 Å². The number of hydrogen-bond acceptors (Lipinski definition) is 14. The van der Waals surface area contributed by atoms with Gasteiger partial charge in [0.25, 0.3) is 5.56 Å². The van der Waals surface area contributed by atoms with Crippen LogP contribution in [-0.4, -0.2) is 101 Å². The summed E-state index contributed by atoms with van der Waals surface area (Å²) >= 11 is 0. The van der Waals surface area contributed by atoms with Gasteiger partial charge in [-0.1, -0.05) is 0 Å². The number of H-pyrrole nitrogens is 1. The molecule has 1 unspecified atom stereocenters. The Bertz CT molecular complexity index is 1070. The van der Waals surface area contributed by atoms with Crippen molar-refractivity contribution in [3.8, 4) is 0 Å². The maximum atomic E-state index is 12.8. The summed E-state index contributed by atoms with van der Waals surface area (Å²) in [5.74, 6) is 0. The molecule has 2 aliphatic heterocycles. The molecule has 0 aromatic carbocycles. The van der Waals surface area contributed by atoms with Gasteiger partial charge < -0.3 is 44.8 Å². The van der Waals surface area contributed by atoms with Crippen molar-refractivity contribution in [2.75, 3.05) is 13.2 Å². The third-order valence-electron chi connectivity index (χ3n) is 4.75. The lowest BCUT2D eigenvalue weighted by atomic mass is 10.1. The van der Waals surface area contributed by atoms with E-state index in [1.54, 1.807) is 0 Å². The second-order valence-electron chi connectivity index (χ2n) is 7.23. The molecule has 3 heterocycles. The van der Waals surface area contributed by atoms with Crippen LogP contribution >= 0.6 is 15.6 Å². The zero-order chi connectivity index (χ0) is 25.4. The van der Waals surface area contributed by atoms with E-state index in [0.29, 0.717) is 0 Å². The van der Waals surface area contributed by atoms with E-state index in [1.807, 2.05) is 4.98 Å². The van der Waals surface area contributed by atoms with Gasteiger partial charge in [-0.05, 0) is 0 Å². The summed E-state index contributed by atoms with van der Waals surface area (Å²) < 4.78 is 48.5. The molecule has 0 radical (unpaired) electrons. The molecule has 0 amide bonds. The Morgan fingerprint density at radius 1 is 1.06 bits per heavy atom. The molecule has 3 rings (SSSR count). The number of hydrogen-bond donors (Lipinski definition) is 8. The van der Waals surface area contributed by atoms with Gasteiger partial charge in [0.15, 0.2) is 12.5 Å². The highest BCUT2D eigenvalue weighted by atomic mass is 31.3. The average molecular weight is 536 g/mol. The highest BCUT2D eigenvalue weighted by Crippen LogP contribution is 2.62. The molecule has 34 heavy (non-hydrogen) atoms. The summed E-state index contributed by atoms with van der Waals surface area (Å²) in [5.41, 5.74) is -1.74. The monoisotopic (exact) mass is 536 g/mol. The minimum atomic E-state index is -5.56. The maximum absolute atomic E-state index is 12.8. The summed E-state index contributed by atoms with van der Waals surface area (Å²) in [4.78, 5) is 43.1. The molecule has 1 aromatic heterocycles. The van der Waals surface area contributed by atoms with E-state index in [1.165, 1.54) is 0 Å². The average Bonchev–Trinajstić information content (AvgIpc) is 3.00. The lowest BCUT2D eigenvalue weighted by Gasteiger charge is -2.35. The van der Waals surface area contributed by atoms with Crippen LogP contribution in [0.5, 0.6) is 0 Å². The molecule has 194 valence electrons. The van der Waals surface area contributed by atoms with Gasteiger partial charge in [0, 0.05) is 12.3 Å². The van der Waals surface area contributed by atoms with Crippen LogP contribution in [0.15, 0.2) is 21.9 Å². The zero-order valence-electron chi connectivity index (χ0n) is 16.8. The Kier molecular flexibility index (Phi) is 8.28. The maximum Gasteiger partial charge on any atom is 0.486 e. The number of aromatic nitrogens is 2. The molecule has 2 aliphatic rings. The van der Waals surface area contributed by atoms with E-state index in [4.69, 9.17) is 28.3 Å². The number of aliphatic hydroxyl groups is 5. The summed E-state index contributed by atoms with van der Waals surface area (Å²) in [6, 6.07) is 0.935. The number of phosphoric acid groups is 2. The van der Waals surface area contributed by atoms with Crippen LogP contribution in [0.4, 0.5) is 0 Å². The van der Waals surface area contributed by atoms with E-state index in [0.717, 1.165) is 16.8 Å². The van der Waals surface area contributed by atoms with Crippen molar-refractivity contribution in [2.45, 2.75) is 49.1 Å². The number of nitrogens with one attached hydrogen (secondary N) is 1. The predicted molar refractivity (Wildman–Crippen MR) is 103 cm³/mol. The van der Waals surface area contributed by atoms with Gasteiger partial charge in [-0.25, -0.2) is 13.9 Å². The Balaban J connectivity index is 1.74. The fourth-order valence-electron chi connectivity index (χ4n) is 3.09. The van der Waals surface area contributed by atoms with Crippen molar-refractivity contribution in [1.82, 2.24) is 9.55 Å². The van der Waals surface area contributed by atoms with Crippen LogP contribution in [-0.2, 0) is 32.0 Å². The highest BCUT2D eigenvalue weighted by molar-refractivity contribution is 7.61. The van der Waals surface area contributed by atoms with Crippen LogP contribution in [0.3, 0.4) is 0 Å². The molecule has 0 aliphatic carbocycles. The quantitative estimate of drug-likeness (QED) is 0.146. The molecule has 2 saturated heterocycles. The van der Waals surface area contributed by atoms with E-state index in [-0.39, 0.29) is 0 Å². The number of phosphoric ester groups is 1. The van der Waals surface area contributed by atoms with Crippen molar-refractivity contribution < 1.29 is 67.3 Å². The van der Waals surface area contributed by atoms with E-state index in [2.05, 4.69) is 4.31 Å². The Morgan fingerprint density at radius 2 is 1.74 bits per heavy atom. The van der Waals surface area contributed by atoms with Gasteiger partial charge in [0.2, 0.25) is 0 Å². The van der Waals surface area contributed by atoms with Gasteiger partial charge >= 0.3 is 21.3 Å².